The molecular weight excluding hydrogens is 406 g/mol. The molecule has 29 heavy (non-hydrogen) atoms. The molecule has 0 saturated carbocycles. The Morgan fingerprint density at radius 1 is 1.28 bits per heavy atom. The van der Waals surface area contributed by atoms with Crippen molar-refractivity contribution in [3.8, 4) is 0 Å². The molecule has 2 aliphatic rings. The maximum absolute atomic E-state index is 13.6. The van der Waals surface area contributed by atoms with E-state index >= 15 is 0 Å². The number of carbonyl (C=O) groups is 1. The normalized spacial score (nSPS) is 24.5. The van der Waals surface area contributed by atoms with Gasteiger partial charge < -0.3 is 10.1 Å². The molecule has 1 N–H and O–H groups in total. The zero-order valence-corrected chi connectivity index (χ0v) is 18.9. The molecule has 2 fully saturated rings. The lowest BCUT2D eigenvalue weighted by Crippen LogP contribution is -2.42. The molecule has 4 heterocycles. The molecule has 4 rings (SSSR count). The van der Waals surface area contributed by atoms with Gasteiger partial charge in [-0.15, -0.1) is 11.3 Å². The Hall–Kier alpha value is -1.21. The van der Waals surface area contributed by atoms with Crippen LogP contribution in [0.3, 0.4) is 0 Å². The van der Waals surface area contributed by atoms with Crippen LogP contribution in [0.2, 0.25) is 4.34 Å². The molecule has 0 amide bonds. The first kappa shape index (κ1) is 21.0. The summed E-state index contributed by atoms with van der Waals surface area (Å²) >= 11 is 7.70. The molecule has 2 saturated heterocycles. The number of aryl methyl sites for hydroxylation is 2. The van der Waals surface area contributed by atoms with Crippen LogP contribution in [0, 0.1) is 5.41 Å². The lowest BCUT2D eigenvalue weighted by Gasteiger charge is -2.33. The van der Waals surface area contributed by atoms with E-state index in [-0.39, 0.29) is 11.3 Å². The summed E-state index contributed by atoms with van der Waals surface area (Å²) in [5.41, 5.74) is 1.61. The van der Waals surface area contributed by atoms with Gasteiger partial charge in [0.1, 0.15) is 0 Å². The Morgan fingerprint density at radius 2 is 2.07 bits per heavy atom. The van der Waals surface area contributed by atoms with Crippen LogP contribution in [-0.4, -0.2) is 42.0 Å². The summed E-state index contributed by atoms with van der Waals surface area (Å²) in [6, 6.07) is 6.18. The second-order valence-corrected chi connectivity index (χ2v) is 10.8. The number of rotatable bonds is 5. The van der Waals surface area contributed by atoms with E-state index < -0.39 is 5.41 Å². The fraction of sp³-hybridized carbons (Fsp3) is 0.636. The smallest absolute Gasteiger partial charge is 0.253 e. The van der Waals surface area contributed by atoms with Crippen LogP contribution in [0.5, 0.6) is 0 Å². The minimum Gasteiger partial charge on any atom is -0.381 e. The van der Waals surface area contributed by atoms with Gasteiger partial charge in [-0.2, -0.15) is 5.10 Å². The summed E-state index contributed by atoms with van der Waals surface area (Å²) in [5, 5.41) is 8.41. The van der Waals surface area contributed by atoms with Crippen molar-refractivity contribution in [2.75, 3.05) is 26.3 Å². The van der Waals surface area contributed by atoms with E-state index in [0.29, 0.717) is 13.2 Å². The number of piperidine rings is 1. The van der Waals surface area contributed by atoms with Gasteiger partial charge in [-0.3, -0.25) is 4.79 Å². The molecule has 2 aromatic heterocycles. The number of halogens is 1. The number of hydrogen-bond acceptors (Lipinski definition) is 5. The Labute approximate surface area is 181 Å². The minimum absolute atomic E-state index is 0.0264. The summed E-state index contributed by atoms with van der Waals surface area (Å²) in [4.78, 5) is 14.8. The third-order valence-corrected chi connectivity index (χ3v) is 7.85. The molecule has 0 spiro atoms. The maximum atomic E-state index is 13.6. The Bertz CT molecular complexity index is 863. The van der Waals surface area contributed by atoms with Crippen LogP contribution in [0.25, 0.3) is 0 Å². The monoisotopic (exact) mass is 435 g/mol. The standard InChI is InChI=1S/C22H30ClN3O2S/c1-21(9-12-28-13-10-21)20(27)26-16(4-5-17-6-7-19(23)29-17)14-18(25-26)22(2)8-3-11-24-15-22/h6-7,14,24H,3-5,8-13,15H2,1-2H3. The third-order valence-electron chi connectivity index (χ3n) is 6.56. The highest BCUT2D eigenvalue weighted by Crippen LogP contribution is 2.35. The number of hydrogen-bond donors (Lipinski definition) is 1. The van der Waals surface area contributed by atoms with Crippen molar-refractivity contribution in [1.29, 1.82) is 0 Å². The van der Waals surface area contributed by atoms with Crippen molar-refractivity contribution in [1.82, 2.24) is 15.1 Å². The summed E-state index contributed by atoms with van der Waals surface area (Å²) in [7, 11) is 0. The van der Waals surface area contributed by atoms with E-state index in [2.05, 4.69) is 31.3 Å². The fourth-order valence-electron chi connectivity index (χ4n) is 4.37. The van der Waals surface area contributed by atoms with Crippen molar-refractivity contribution in [3.63, 3.8) is 0 Å². The molecule has 1 unspecified atom stereocenters. The van der Waals surface area contributed by atoms with Crippen molar-refractivity contribution >= 4 is 28.8 Å². The highest BCUT2D eigenvalue weighted by Gasteiger charge is 2.39. The van der Waals surface area contributed by atoms with Gasteiger partial charge in [0.05, 0.1) is 15.4 Å². The number of nitrogens with zero attached hydrogens (tertiary/aromatic N) is 2. The second kappa shape index (κ2) is 8.50. The van der Waals surface area contributed by atoms with Gasteiger partial charge in [-0.25, -0.2) is 4.68 Å². The molecule has 0 aromatic carbocycles. The predicted molar refractivity (Wildman–Crippen MR) is 117 cm³/mol. The summed E-state index contributed by atoms with van der Waals surface area (Å²) in [6.07, 6.45) is 5.38. The van der Waals surface area contributed by atoms with Crippen LogP contribution >= 0.6 is 22.9 Å². The third kappa shape index (κ3) is 4.46. The van der Waals surface area contributed by atoms with E-state index in [1.165, 1.54) is 4.88 Å². The SMILES string of the molecule is CC1(C(=O)n2nc(C3(C)CCCNC3)cc2CCc2ccc(Cl)s2)CCOCC1. The fourth-order valence-corrected chi connectivity index (χ4v) is 5.46. The molecule has 5 nitrogen and oxygen atoms in total. The molecule has 0 bridgehead atoms. The number of ether oxygens (including phenoxy) is 1. The summed E-state index contributed by atoms with van der Waals surface area (Å²) in [5.74, 6) is 0.110. The Morgan fingerprint density at radius 3 is 2.72 bits per heavy atom. The largest absolute Gasteiger partial charge is 0.381 e. The Balaban J connectivity index is 1.64. The quantitative estimate of drug-likeness (QED) is 0.752. The van der Waals surface area contributed by atoms with Crippen LogP contribution < -0.4 is 5.32 Å². The zero-order chi connectivity index (χ0) is 20.5. The van der Waals surface area contributed by atoms with Gasteiger partial charge in [-0.05, 0) is 63.3 Å². The molecule has 2 aliphatic heterocycles. The summed E-state index contributed by atoms with van der Waals surface area (Å²) < 4.78 is 8.03. The van der Waals surface area contributed by atoms with Gasteiger partial charge in [0.15, 0.2) is 0 Å². The van der Waals surface area contributed by atoms with Crippen LogP contribution in [0.4, 0.5) is 0 Å². The molecule has 7 heteroatoms. The average Bonchev–Trinajstić information content (AvgIpc) is 3.33. The molecular formula is C22H30ClN3O2S. The van der Waals surface area contributed by atoms with E-state index in [4.69, 9.17) is 21.4 Å². The van der Waals surface area contributed by atoms with E-state index in [1.807, 2.05) is 6.07 Å². The average molecular weight is 436 g/mol. The van der Waals surface area contributed by atoms with Gasteiger partial charge in [0.25, 0.3) is 5.91 Å². The minimum atomic E-state index is -0.408. The van der Waals surface area contributed by atoms with Crippen molar-refractivity contribution in [2.45, 2.75) is 57.8 Å². The van der Waals surface area contributed by atoms with Crippen molar-refractivity contribution < 1.29 is 9.53 Å². The van der Waals surface area contributed by atoms with Gasteiger partial charge >= 0.3 is 0 Å². The number of aromatic nitrogens is 2. The first-order valence-corrected chi connectivity index (χ1v) is 11.8. The molecule has 1 atom stereocenters. The zero-order valence-electron chi connectivity index (χ0n) is 17.3. The molecule has 0 radical (unpaired) electrons. The number of nitrogens with one attached hydrogen (secondary N) is 1. The summed E-state index contributed by atoms with van der Waals surface area (Å²) in [6.45, 7) is 7.56. The Kier molecular flexibility index (Phi) is 6.17. The lowest BCUT2D eigenvalue weighted by molar-refractivity contribution is 0.0164. The van der Waals surface area contributed by atoms with Crippen LogP contribution in [0.1, 0.15) is 60.6 Å². The van der Waals surface area contributed by atoms with Gasteiger partial charge in [0.2, 0.25) is 0 Å². The number of carbonyl (C=O) groups excluding carboxylic acids is 1. The highest BCUT2D eigenvalue weighted by atomic mass is 35.5. The molecule has 0 aliphatic carbocycles. The highest BCUT2D eigenvalue weighted by molar-refractivity contribution is 7.16. The number of thiophene rings is 1. The maximum Gasteiger partial charge on any atom is 0.253 e. The first-order chi connectivity index (χ1) is 13.9. The van der Waals surface area contributed by atoms with E-state index in [1.54, 1.807) is 16.0 Å². The molecule has 158 valence electrons. The first-order valence-electron chi connectivity index (χ1n) is 10.6. The van der Waals surface area contributed by atoms with E-state index in [9.17, 15) is 4.79 Å². The van der Waals surface area contributed by atoms with Gasteiger partial charge in [-0.1, -0.05) is 25.4 Å². The second-order valence-electron chi connectivity index (χ2n) is 8.96. The predicted octanol–water partition coefficient (Wildman–Crippen LogP) is 4.48. The van der Waals surface area contributed by atoms with E-state index in [0.717, 1.165) is 67.3 Å². The topological polar surface area (TPSA) is 56.2 Å². The van der Waals surface area contributed by atoms with Crippen LogP contribution in [0.15, 0.2) is 18.2 Å². The molecule has 2 aromatic rings. The van der Waals surface area contributed by atoms with Crippen molar-refractivity contribution in [3.05, 3.63) is 38.8 Å². The van der Waals surface area contributed by atoms with Crippen molar-refractivity contribution in [2.24, 2.45) is 5.41 Å². The van der Waals surface area contributed by atoms with Gasteiger partial charge in [0, 0.05) is 35.7 Å². The lowest BCUT2D eigenvalue weighted by atomic mass is 9.80. The van der Waals surface area contributed by atoms with Crippen LogP contribution in [-0.2, 0) is 23.0 Å².